The third kappa shape index (κ3) is 4.82. The molecule has 4 N–H and O–H groups in total. The van der Waals surface area contributed by atoms with E-state index in [9.17, 15) is 4.79 Å². The highest BCUT2D eigenvalue weighted by Crippen LogP contribution is 2.31. The van der Waals surface area contributed by atoms with E-state index in [0.29, 0.717) is 29.3 Å². The van der Waals surface area contributed by atoms with Crippen LogP contribution in [0.25, 0.3) is 0 Å². The summed E-state index contributed by atoms with van der Waals surface area (Å²) in [7, 11) is 3.02. The van der Waals surface area contributed by atoms with Gasteiger partial charge in [-0.3, -0.25) is 4.79 Å². The molecule has 0 spiro atoms. The van der Waals surface area contributed by atoms with Crippen molar-refractivity contribution in [2.24, 2.45) is 5.92 Å². The maximum Gasteiger partial charge on any atom is 0.253 e. The Hall–Kier alpha value is -1.95. The number of nitrogen functional groups attached to an aromatic ring is 1. The Morgan fingerprint density at radius 1 is 1.33 bits per heavy atom. The summed E-state index contributed by atoms with van der Waals surface area (Å²) in [5, 5.41) is 11.7. The van der Waals surface area contributed by atoms with Gasteiger partial charge in [-0.05, 0) is 24.8 Å². The monoisotopic (exact) mass is 296 g/mol. The van der Waals surface area contributed by atoms with E-state index in [1.165, 1.54) is 14.2 Å². The molecular weight excluding hydrogens is 272 g/mol. The predicted molar refractivity (Wildman–Crippen MR) is 81.8 cm³/mol. The average molecular weight is 296 g/mol. The van der Waals surface area contributed by atoms with Gasteiger partial charge in [0.25, 0.3) is 5.91 Å². The molecule has 0 fully saturated rings. The van der Waals surface area contributed by atoms with Crippen molar-refractivity contribution in [1.29, 1.82) is 0 Å². The fourth-order valence-electron chi connectivity index (χ4n) is 1.93. The van der Waals surface area contributed by atoms with Crippen molar-refractivity contribution in [3.8, 4) is 11.5 Å². The molecule has 0 heterocycles. The standard InChI is InChI=1S/C15H24N2O4/c1-10(9-18)5-4-6-17-15(19)11-7-13(20-2)14(21-3)8-12(11)16/h7-8,10,18H,4-6,9,16H2,1-3H3,(H,17,19). The quantitative estimate of drug-likeness (QED) is 0.498. The lowest BCUT2D eigenvalue weighted by Crippen LogP contribution is -2.25. The molecule has 1 rings (SSSR count). The molecule has 21 heavy (non-hydrogen) atoms. The second-order valence-electron chi connectivity index (χ2n) is 4.98. The molecule has 1 atom stereocenters. The Morgan fingerprint density at radius 3 is 2.52 bits per heavy atom. The normalized spacial score (nSPS) is 11.8. The van der Waals surface area contributed by atoms with Gasteiger partial charge < -0.3 is 25.6 Å². The van der Waals surface area contributed by atoms with E-state index in [-0.39, 0.29) is 18.4 Å². The van der Waals surface area contributed by atoms with Crippen LogP contribution < -0.4 is 20.5 Å². The van der Waals surface area contributed by atoms with Gasteiger partial charge in [0.1, 0.15) is 0 Å². The van der Waals surface area contributed by atoms with E-state index >= 15 is 0 Å². The number of carbonyl (C=O) groups is 1. The number of nitrogens with one attached hydrogen (secondary N) is 1. The van der Waals surface area contributed by atoms with Crippen LogP contribution in [0.4, 0.5) is 5.69 Å². The molecule has 118 valence electrons. The van der Waals surface area contributed by atoms with Gasteiger partial charge >= 0.3 is 0 Å². The molecule has 1 unspecified atom stereocenters. The van der Waals surface area contributed by atoms with E-state index in [0.717, 1.165) is 12.8 Å². The lowest BCUT2D eigenvalue weighted by Gasteiger charge is -2.13. The number of ether oxygens (including phenoxy) is 2. The molecule has 6 nitrogen and oxygen atoms in total. The summed E-state index contributed by atoms with van der Waals surface area (Å²) in [6.45, 7) is 2.67. The maximum absolute atomic E-state index is 12.1. The molecule has 1 amide bonds. The Labute approximate surface area is 125 Å². The van der Waals surface area contributed by atoms with Crippen LogP contribution in [0.2, 0.25) is 0 Å². The predicted octanol–water partition coefficient (Wildman–Crippen LogP) is 1.42. The first kappa shape index (κ1) is 17.1. The third-order valence-corrected chi connectivity index (χ3v) is 3.27. The van der Waals surface area contributed by atoms with Gasteiger partial charge in [0.05, 0.1) is 19.8 Å². The zero-order valence-electron chi connectivity index (χ0n) is 12.8. The fraction of sp³-hybridized carbons (Fsp3) is 0.533. The topological polar surface area (TPSA) is 93.8 Å². The molecule has 0 bridgehead atoms. The van der Waals surface area contributed by atoms with Gasteiger partial charge in [-0.25, -0.2) is 0 Å². The number of rotatable bonds is 8. The SMILES string of the molecule is COc1cc(N)c(C(=O)NCCCC(C)CO)cc1OC. The number of amides is 1. The van der Waals surface area contributed by atoms with Crippen LogP contribution in [-0.4, -0.2) is 38.4 Å². The van der Waals surface area contributed by atoms with Crippen LogP contribution in [0, 0.1) is 5.92 Å². The summed E-state index contributed by atoms with van der Waals surface area (Å²) in [6, 6.07) is 3.14. The van der Waals surface area contributed by atoms with E-state index in [4.69, 9.17) is 20.3 Å². The Balaban J connectivity index is 2.65. The fourth-order valence-corrected chi connectivity index (χ4v) is 1.93. The van der Waals surface area contributed by atoms with Gasteiger partial charge in [-0.15, -0.1) is 0 Å². The number of benzene rings is 1. The number of nitrogens with two attached hydrogens (primary N) is 1. The molecule has 0 saturated carbocycles. The lowest BCUT2D eigenvalue weighted by molar-refractivity contribution is 0.0952. The van der Waals surface area contributed by atoms with Crippen molar-refractivity contribution in [2.75, 3.05) is 33.1 Å². The van der Waals surface area contributed by atoms with Gasteiger partial charge in [-0.1, -0.05) is 6.92 Å². The highest BCUT2D eigenvalue weighted by Gasteiger charge is 2.14. The van der Waals surface area contributed by atoms with E-state index in [1.807, 2.05) is 6.92 Å². The molecule has 0 aliphatic rings. The summed E-state index contributed by atoms with van der Waals surface area (Å²) in [4.78, 5) is 12.1. The van der Waals surface area contributed by atoms with Gasteiger partial charge in [0.2, 0.25) is 0 Å². The largest absolute Gasteiger partial charge is 0.493 e. The molecule has 1 aromatic rings. The number of hydrogen-bond donors (Lipinski definition) is 3. The second kappa shape index (κ2) is 8.36. The van der Waals surface area contributed by atoms with Crippen LogP contribution in [0.3, 0.4) is 0 Å². The molecule has 0 saturated heterocycles. The van der Waals surface area contributed by atoms with Gasteiger partial charge in [0.15, 0.2) is 11.5 Å². The molecule has 0 aliphatic carbocycles. The highest BCUT2D eigenvalue weighted by molar-refractivity contribution is 6.00. The first-order chi connectivity index (χ1) is 10.0. The number of anilines is 1. The third-order valence-electron chi connectivity index (χ3n) is 3.27. The molecule has 1 aromatic carbocycles. The average Bonchev–Trinajstić information content (AvgIpc) is 2.50. The minimum absolute atomic E-state index is 0.163. The number of methoxy groups -OCH3 is 2. The summed E-state index contributed by atoms with van der Waals surface area (Å²) in [5.74, 6) is 0.951. The van der Waals surface area contributed by atoms with E-state index in [2.05, 4.69) is 5.32 Å². The highest BCUT2D eigenvalue weighted by atomic mass is 16.5. The van der Waals surface area contributed by atoms with Crippen LogP contribution in [0.1, 0.15) is 30.1 Å². The van der Waals surface area contributed by atoms with Crippen molar-refractivity contribution in [3.63, 3.8) is 0 Å². The summed E-state index contributed by atoms with van der Waals surface area (Å²) in [6.07, 6.45) is 1.67. The van der Waals surface area contributed by atoms with Crippen molar-refractivity contribution in [1.82, 2.24) is 5.32 Å². The zero-order chi connectivity index (χ0) is 15.8. The van der Waals surface area contributed by atoms with Gasteiger partial charge in [0, 0.05) is 24.9 Å². The number of aliphatic hydroxyl groups excluding tert-OH is 1. The first-order valence-electron chi connectivity index (χ1n) is 6.94. The van der Waals surface area contributed by atoms with Crippen molar-refractivity contribution < 1.29 is 19.4 Å². The smallest absolute Gasteiger partial charge is 0.253 e. The number of carbonyl (C=O) groups excluding carboxylic acids is 1. The van der Waals surface area contributed by atoms with Crippen LogP contribution in [-0.2, 0) is 0 Å². The molecule has 0 radical (unpaired) electrons. The summed E-state index contributed by atoms with van der Waals surface area (Å²) >= 11 is 0. The van der Waals surface area contributed by atoms with Crippen LogP contribution in [0.5, 0.6) is 11.5 Å². The minimum atomic E-state index is -0.245. The number of hydrogen-bond acceptors (Lipinski definition) is 5. The molecule has 0 aromatic heterocycles. The van der Waals surface area contributed by atoms with Crippen molar-refractivity contribution in [2.45, 2.75) is 19.8 Å². The Bertz CT molecular complexity index is 477. The van der Waals surface area contributed by atoms with E-state index in [1.54, 1.807) is 12.1 Å². The maximum atomic E-state index is 12.1. The zero-order valence-corrected chi connectivity index (χ0v) is 12.8. The van der Waals surface area contributed by atoms with Crippen LogP contribution >= 0.6 is 0 Å². The molecule has 6 heteroatoms. The summed E-state index contributed by atoms with van der Waals surface area (Å²) < 4.78 is 10.3. The first-order valence-corrected chi connectivity index (χ1v) is 6.94. The number of aliphatic hydroxyl groups is 1. The lowest BCUT2D eigenvalue weighted by atomic mass is 10.1. The minimum Gasteiger partial charge on any atom is -0.493 e. The Kier molecular flexibility index (Phi) is 6.81. The van der Waals surface area contributed by atoms with Crippen LogP contribution in [0.15, 0.2) is 12.1 Å². The summed E-state index contributed by atoms with van der Waals surface area (Å²) in [5.41, 5.74) is 6.57. The Morgan fingerprint density at radius 2 is 1.95 bits per heavy atom. The molecule has 0 aliphatic heterocycles. The molecular formula is C15H24N2O4. The van der Waals surface area contributed by atoms with Crippen molar-refractivity contribution >= 4 is 11.6 Å². The van der Waals surface area contributed by atoms with E-state index < -0.39 is 0 Å². The second-order valence-corrected chi connectivity index (χ2v) is 4.98. The van der Waals surface area contributed by atoms with Gasteiger partial charge in [-0.2, -0.15) is 0 Å². The van der Waals surface area contributed by atoms with Crippen molar-refractivity contribution in [3.05, 3.63) is 17.7 Å².